The van der Waals surface area contributed by atoms with Crippen LogP contribution >= 0.6 is 11.3 Å². The van der Waals surface area contributed by atoms with Crippen molar-refractivity contribution in [2.75, 3.05) is 0 Å². The van der Waals surface area contributed by atoms with Gasteiger partial charge in [-0.2, -0.15) is 0 Å². The molecule has 68 valence electrons. The van der Waals surface area contributed by atoms with Gasteiger partial charge in [-0.1, -0.05) is 29.5 Å². The second kappa shape index (κ2) is 5.78. The average molecular weight is 367 g/mol. The lowest BCUT2D eigenvalue weighted by Crippen LogP contribution is -3.61. The molecule has 0 aliphatic rings. The fraction of sp³-hybridized carbons (Fsp3) is 0. The summed E-state index contributed by atoms with van der Waals surface area (Å²) in [4.78, 5) is 0. The van der Waals surface area contributed by atoms with Crippen LogP contribution in [-0.2, 0) is 0 Å². The van der Waals surface area contributed by atoms with Gasteiger partial charge in [-0.05, 0) is 23.6 Å². The normalized spacial score (nSPS) is 9.23. The molecule has 13 heavy (non-hydrogen) atoms. The Morgan fingerprint density at radius 2 is 1.69 bits per heavy atom. The Labute approximate surface area is 103 Å². The zero-order valence-electron chi connectivity index (χ0n) is 6.78. The maximum atomic E-state index is 2.23. The lowest BCUT2D eigenvalue weighted by molar-refractivity contribution is -0.591. The lowest BCUT2D eigenvalue weighted by Gasteiger charge is -1.79. The number of halogens is 2. The first-order chi connectivity index (χ1) is 5.95. The van der Waals surface area contributed by atoms with Gasteiger partial charge in [0.1, 0.15) is 0 Å². The van der Waals surface area contributed by atoms with Crippen molar-refractivity contribution < 1.29 is 38.2 Å². The molecule has 0 saturated heterocycles. The van der Waals surface area contributed by atoms with Gasteiger partial charge in [0.25, 0.3) is 0 Å². The third-order valence-corrected chi connectivity index (χ3v) is 5.59. The summed E-state index contributed by atoms with van der Waals surface area (Å²) in [6.07, 6.45) is 0. The molecule has 2 aromatic rings. The molecular formula is C10H8BrIS. The highest BCUT2D eigenvalue weighted by atomic mass is 127. The quantitative estimate of drug-likeness (QED) is 0.493. The molecule has 0 amide bonds. The van der Waals surface area contributed by atoms with Crippen LogP contribution in [0, 0.1) is 6.45 Å². The molecule has 0 aliphatic carbocycles. The van der Waals surface area contributed by atoms with Crippen molar-refractivity contribution >= 4 is 11.3 Å². The molecule has 1 aromatic heterocycles. The van der Waals surface area contributed by atoms with Crippen LogP contribution in [0.5, 0.6) is 0 Å². The topological polar surface area (TPSA) is 0 Å². The summed E-state index contributed by atoms with van der Waals surface area (Å²) >= 11 is 1.95. The number of rotatable bonds is 2. The fourth-order valence-electron chi connectivity index (χ4n) is 0.897. The van der Waals surface area contributed by atoms with Gasteiger partial charge in [0.05, 0.1) is 0 Å². The van der Waals surface area contributed by atoms with Gasteiger partial charge in [0, 0.05) is 6.07 Å². The summed E-state index contributed by atoms with van der Waals surface area (Å²) in [5, 5.41) is 2.15. The van der Waals surface area contributed by atoms with Crippen molar-refractivity contribution in [1.29, 1.82) is 0 Å². The molecule has 0 spiro atoms. The summed E-state index contributed by atoms with van der Waals surface area (Å²) in [5.41, 5.74) is 0. The van der Waals surface area contributed by atoms with E-state index < -0.39 is 0 Å². The molecule has 3 heteroatoms. The predicted octanol–water partition coefficient (Wildman–Crippen LogP) is -3.12. The first kappa shape index (κ1) is 11.2. The van der Waals surface area contributed by atoms with Crippen molar-refractivity contribution in [1.82, 2.24) is 0 Å². The number of thiophene rings is 1. The first-order valence-corrected chi connectivity index (χ1v) is 6.72. The van der Waals surface area contributed by atoms with E-state index in [9.17, 15) is 0 Å². The maximum Gasteiger partial charge on any atom is 0.369 e. The highest BCUT2D eigenvalue weighted by Crippen LogP contribution is 1.94. The third kappa shape index (κ3) is 3.40. The van der Waals surface area contributed by atoms with E-state index in [0.29, 0.717) is 0 Å². The zero-order chi connectivity index (χ0) is 8.23. The van der Waals surface area contributed by atoms with Crippen LogP contribution < -0.4 is 38.2 Å². The van der Waals surface area contributed by atoms with Crippen LogP contribution in [0.1, 0.15) is 0 Å². The molecule has 0 radical (unpaired) electrons. The summed E-state index contributed by atoms with van der Waals surface area (Å²) in [6, 6.07) is 15.1. The van der Waals surface area contributed by atoms with Gasteiger partial charge in [-0.3, -0.25) is 0 Å². The lowest BCUT2D eigenvalue weighted by atomic mass is 10.4. The Kier molecular flexibility index (Phi) is 4.98. The zero-order valence-corrected chi connectivity index (χ0v) is 11.3. The van der Waals surface area contributed by atoms with E-state index in [1.165, 1.54) is 3.57 Å². The highest BCUT2D eigenvalue weighted by Gasteiger charge is 2.14. The minimum atomic E-state index is 0. The Bertz CT molecular complexity index is 331. The van der Waals surface area contributed by atoms with Crippen LogP contribution in [0.25, 0.3) is 0 Å². The van der Waals surface area contributed by atoms with Crippen LogP contribution in [0.4, 0.5) is 0 Å². The van der Waals surface area contributed by atoms with E-state index in [2.05, 4.69) is 47.8 Å². The smallest absolute Gasteiger partial charge is 0.369 e. The van der Waals surface area contributed by atoms with Gasteiger partial charge in [-0.15, -0.1) is 0 Å². The Morgan fingerprint density at radius 3 is 2.31 bits per heavy atom. The predicted molar refractivity (Wildman–Crippen MR) is 48.2 cm³/mol. The molecule has 2 rings (SSSR count). The minimum Gasteiger partial charge on any atom is -1.00 e. The molecule has 1 heterocycles. The highest BCUT2D eigenvalue weighted by molar-refractivity contribution is 7.07. The van der Waals surface area contributed by atoms with Crippen molar-refractivity contribution in [3.8, 4) is 0 Å². The SMILES string of the molecule is [Br-].c1ccc([I+]c2cccs2)cc1. The Morgan fingerprint density at radius 1 is 0.923 bits per heavy atom. The van der Waals surface area contributed by atoms with E-state index in [4.69, 9.17) is 0 Å². The Balaban J connectivity index is 0.000000845. The second-order valence-electron chi connectivity index (χ2n) is 2.31. The monoisotopic (exact) mass is 366 g/mol. The molecule has 0 atom stereocenters. The van der Waals surface area contributed by atoms with Gasteiger partial charge < -0.3 is 17.0 Å². The van der Waals surface area contributed by atoms with Crippen molar-refractivity contribution in [3.05, 3.63) is 54.3 Å². The van der Waals surface area contributed by atoms with E-state index in [1.54, 1.807) is 2.88 Å². The van der Waals surface area contributed by atoms with E-state index in [-0.39, 0.29) is 38.2 Å². The van der Waals surface area contributed by atoms with E-state index in [0.717, 1.165) is 0 Å². The summed E-state index contributed by atoms with van der Waals surface area (Å²) < 4.78 is 3.04. The van der Waals surface area contributed by atoms with Gasteiger partial charge >= 0.3 is 21.2 Å². The summed E-state index contributed by atoms with van der Waals surface area (Å²) in [5.74, 6) is 0. The van der Waals surface area contributed by atoms with Crippen molar-refractivity contribution in [3.63, 3.8) is 0 Å². The molecule has 0 unspecified atom stereocenters. The first-order valence-electron chi connectivity index (χ1n) is 3.68. The van der Waals surface area contributed by atoms with Gasteiger partial charge in [0.15, 0.2) is 3.57 Å². The number of benzene rings is 1. The molecule has 0 N–H and O–H groups in total. The average Bonchev–Trinajstić information content (AvgIpc) is 2.59. The van der Waals surface area contributed by atoms with Crippen LogP contribution in [0.3, 0.4) is 0 Å². The standard InChI is InChI=1S/C10H8IS.BrH/c1-2-5-9(6-3-1)11-10-7-4-8-12-10;/h1-8H;1H/q+1;/p-1. The third-order valence-electron chi connectivity index (χ3n) is 1.42. The van der Waals surface area contributed by atoms with Gasteiger partial charge in [-0.25, -0.2) is 0 Å². The van der Waals surface area contributed by atoms with Crippen LogP contribution in [0.2, 0.25) is 0 Å². The molecule has 0 nitrogen and oxygen atoms in total. The molecule has 0 bridgehead atoms. The van der Waals surface area contributed by atoms with Crippen molar-refractivity contribution in [2.45, 2.75) is 0 Å². The van der Waals surface area contributed by atoms with Gasteiger partial charge in [0.2, 0.25) is 2.88 Å². The molecule has 0 fully saturated rings. The van der Waals surface area contributed by atoms with E-state index >= 15 is 0 Å². The van der Waals surface area contributed by atoms with Crippen molar-refractivity contribution in [2.24, 2.45) is 0 Å². The Hall–Kier alpha value is 0.130. The van der Waals surface area contributed by atoms with Crippen LogP contribution in [0.15, 0.2) is 47.8 Å². The van der Waals surface area contributed by atoms with E-state index in [1.807, 2.05) is 11.3 Å². The summed E-state index contributed by atoms with van der Waals surface area (Å²) in [7, 11) is 0. The molecular weight excluding hydrogens is 359 g/mol. The number of hydrogen-bond acceptors (Lipinski definition) is 1. The maximum absolute atomic E-state index is 2.23. The minimum absolute atomic E-state index is 0. The molecule has 0 saturated carbocycles. The largest absolute Gasteiger partial charge is 1.00 e. The molecule has 1 aromatic carbocycles. The van der Waals surface area contributed by atoms with Crippen LogP contribution in [-0.4, -0.2) is 0 Å². The molecule has 0 aliphatic heterocycles. The summed E-state index contributed by atoms with van der Waals surface area (Å²) in [6.45, 7) is 0. The number of hydrogen-bond donors (Lipinski definition) is 0. The fourth-order valence-corrected chi connectivity index (χ4v) is 4.58. The second-order valence-corrected chi connectivity index (χ2v) is 6.93.